The average Bonchev–Trinajstić information content (AvgIpc) is 3.33. The molecule has 0 atom stereocenters. The topological polar surface area (TPSA) is 50.3 Å². The number of unbranched alkanes of at least 4 members (excludes halogenated alkanes) is 3. The number of ether oxygens (including phenoxy) is 1. The molecule has 1 saturated heterocycles. The molecule has 1 N–H and O–H groups in total. The predicted molar refractivity (Wildman–Crippen MR) is 130 cm³/mol. The zero-order valence-electron chi connectivity index (χ0n) is 19.1. The van der Waals surface area contributed by atoms with Crippen molar-refractivity contribution in [1.29, 1.82) is 0 Å². The molecule has 4 rings (SSSR count). The Morgan fingerprint density at radius 2 is 1.84 bits per heavy atom. The summed E-state index contributed by atoms with van der Waals surface area (Å²) in [7, 11) is 1.71. The molecule has 1 aromatic carbocycles. The average molecular weight is 419 g/mol. The van der Waals surface area contributed by atoms with Crippen LogP contribution in [0.3, 0.4) is 0 Å². The summed E-state index contributed by atoms with van der Waals surface area (Å²) in [6, 6.07) is 12.7. The van der Waals surface area contributed by atoms with E-state index in [0.717, 1.165) is 59.1 Å². The Bertz CT molecular complexity index is 1030. The third-order valence-electron chi connectivity index (χ3n) is 6.12. The predicted octanol–water partition coefficient (Wildman–Crippen LogP) is 6.21. The van der Waals surface area contributed by atoms with Crippen LogP contribution in [-0.2, 0) is 0 Å². The van der Waals surface area contributed by atoms with Crippen molar-refractivity contribution in [2.45, 2.75) is 52.4 Å². The Morgan fingerprint density at radius 1 is 1.00 bits per heavy atom. The fourth-order valence-electron chi connectivity index (χ4n) is 4.36. The molecule has 2 aromatic heterocycles. The third-order valence-corrected chi connectivity index (χ3v) is 6.12. The standard InChI is InChI=1S/C26H34N4O/c1-4-5-6-7-14-27-25-18-23(30-15-8-9-16-30)21-11-12-22(28-26(21)29-25)20-10-13-24(31-3)19(2)17-20/h10-13,17-18H,4-9,14-16H2,1-3H3,(H,27,28,29). The maximum absolute atomic E-state index is 5.41. The molecule has 0 saturated carbocycles. The second-order valence-electron chi connectivity index (χ2n) is 8.46. The number of nitrogens with zero attached hydrogens (tertiary/aromatic N) is 3. The van der Waals surface area contributed by atoms with Crippen LogP contribution in [0.25, 0.3) is 22.3 Å². The lowest BCUT2D eigenvalue weighted by Gasteiger charge is -2.21. The van der Waals surface area contributed by atoms with Gasteiger partial charge in [-0.05, 0) is 62.1 Å². The van der Waals surface area contributed by atoms with Crippen LogP contribution in [0.4, 0.5) is 11.5 Å². The van der Waals surface area contributed by atoms with E-state index in [2.05, 4.69) is 54.4 Å². The molecule has 3 aromatic rings. The number of anilines is 2. The molecular formula is C26H34N4O. The van der Waals surface area contributed by atoms with Crippen LogP contribution in [-0.4, -0.2) is 36.7 Å². The second kappa shape index (κ2) is 9.99. The van der Waals surface area contributed by atoms with E-state index < -0.39 is 0 Å². The molecule has 31 heavy (non-hydrogen) atoms. The van der Waals surface area contributed by atoms with E-state index in [1.807, 2.05) is 6.07 Å². The van der Waals surface area contributed by atoms with Crippen molar-refractivity contribution in [2.75, 3.05) is 37.0 Å². The normalized spacial score (nSPS) is 13.7. The summed E-state index contributed by atoms with van der Waals surface area (Å²) in [4.78, 5) is 12.3. The zero-order valence-corrected chi connectivity index (χ0v) is 19.1. The molecule has 0 radical (unpaired) electrons. The van der Waals surface area contributed by atoms with Crippen LogP contribution in [0.5, 0.6) is 5.75 Å². The van der Waals surface area contributed by atoms with Gasteiger partial charge in [-0.25, -0.2) is 9.97 Å². The Hall–Kier alpha value is -2.82. The molecule has 0 amide bonds. The number of aromatic nitrogens is 2. The van der Waals surface area contributed by atoms with Crippen molar-refractivity contribution >= 4 is 22.5 Å². The lowest BCUT2D eigenvalue weighted by Crippen LogP contribution is -2.18. The van der Waals surface area contributed by atoms with E-state index in [0.29, 0.717) is 0 Å². The Morgan fingerprint density at radius 3 is 2.58 bits per heavy atom. The summed E-state index contributed by atoms with van der Waals surface area (Å²) in [5, 5.41) is 4.68. The molecule has 164 valence electrons. The number of fused-ring (bicyclic) bond motifs is 1. The number of nitrogens with one attached hydrogen (secondary N) is 1. The highest BCUT2D eigenvalue weighted by molar-refractivity contribution is 5.92. The number of pyridine rings is 2. The molecule has 0 unspecified atom stereocenters. The number of methoxy groups -OCH3 is 1. The fourth-order valence-corrected chi connectivity index (χ4v) is 4.36. The highest BCUT2D eigenvalue weighted by Gasteiger charge is 2.18. The monoisotopic (exact) mass is 418 g/mol. The first-order valence-electron chi connectivity index (χ1n) is 11.6. The minimum absolute atomic E-state index is 0.812. The van der Waals surface area contributed by atoms with E-state index >= 15 is 0 Å². The largest absolute Gasteiger partial charge is 0.496 e. The highest BCUT2D eigenvalue weighted by Crippen LogP contribution is 2.33. The maximum atomic E-state index is 5.41. The van der Waals surface area contributed by atoms with Crippen LogP contribution in [0.1, 0.15) is 51.0 Å². The van der Waals surface area contributed by atoms with Crippen LogP contribution >= 0.6 is 0 Å². The van der Waals surface area contributed by atoms with Gasteiger partial charge < -0.3 is 15.0 Å². The molecule has 0 aliphatic carbocycles. The number of hydrogen-bond acceptors (Lipinski definition) is 5. The minimum atomic E-state index is 0.812. The Labute approximate surface area is 185 Å². The van der Waals surface area contributed by atoms with Gasteiger partial charge in [0, 0.05) is 36.7 Å². The lowest BCUT2D eigenvalue weighted by atomic mass is 10.1. The molecule has 5 nitrogen and oxygen atoms in total. The highest BCUT2D eigenvalue weighted by atomic mass is 16.5. The number of benzene rings is 1. The third kappa shape index (κ3) is 4.92. The molecule has 0 bridgehead atoms. The number of aryl methyl sites for hydroxylation is 1. The van der Waals surface area contributed by atoms with Crippen molar-refractivity contribution in [3.8, 4) is 17.0 Å². The van der Waals surface area contributed by atoms with Gasteiger partial charge >= 0.3 is 0 Å². The van der Waals surface area contributed by atoms with Crippen LogP contribution in [0, 0.1) is 6.92 Å². The van der Waals surface area contributed by atoms with Crippen molar-refractivity contribution in [1.82, 2.24) is 9.97 Å². The summed E-state index contributed by atoms with van der Waals surface area (Å²) in [5.41, 5.74) is 5.20. The quantitative estimate of drug-likeness (QED) is 0.419. The van der Waals surface area contributed by atoms with Crippen molar-refractivity contribution < 1.29 is 4.74 Å². The van der Waals surface area contributed by atoms with Crippen molar-refractivity contribution in [3.63, 3.8) is 0 Å². The van der Waals surface area contributed by atoms with Gasteiger partial charge in [-0.15, -0.1) is 0 Å². The van der Waals surface area contributed by atoms with E-state index in [1.165, 1.54) is 44.2 Å². The number of hydrogen-bond donors (Lipinski definition) is 1. The van der Waals surface area contributed by atoms with E-state index in [9.17, 15) is 0 Å². The second-order valence-corrected chi connectivity index (χ2v) is 8.46. The Balaban J connectivity index is 1.67. The van der Waals surface area contributed by atoms with E-state index in [-0.39, 0.29) is 0 Å². The fraction of sp³-hybridized carbons (Fsp3) is 0.462. The van der Waals surface area contributed by atoms with Crippen LogP contribution in [0.2, 0.25) is 0 Å². The summed E-state index contributed by atoms with van der Waals surface area (Å²) >= 11 is 0. The lowest BCUT2D eigenvalue weighted by molar-refractivity contribution is 0.412. The smallest absolute Gasteiger partial charge is 0.164 e. The molecule has 3 heterocycles. The summed E-state index contributed by atoms with van der Waals surface area (Å²) < 4.78 is 5.41. The first kappa shape index (κ1) is 21.4. The minimum Gasteiger partial charge on any atom is -0.496 e. The van der Waals surface area contributed by atoms with Gasteiger partial charge in [-0.2, -0.15) is 0 Å². The molecule has 1 aliphatic rings. The van der Waals surface area contributed by atoms with Crippen molar-refractivity contribution in [3.05, 3.63) is 42.0 Å². The summed E-state index contributed by atoms with van der Waals surface area (Å²) in [6.07, 6.45) is 7.48. The van der Waals surface area contributed by atoms with E-state index in [4.69, 9.17) is 14.7 Å². The SMILES string of the molecule is CCCCCCNc1cc(N2CCCC2)c2ccc(-c3ccc(OC)c(C)c3)nc2n1. The summed E-state index contributed by atoms with van der Waals surface area (Å²) in [6.45, 7) is 7.47. The molecule has 1 fully saturated rings. The molecule has 0 spiro atoms. The Kier molecular flexibility index (Phi) is 6.90. The first-order chi connectivity index (χ1) is 15.2. The number of rotatable bonds is 9. The molecule has 5 heteroatoms. The van der Waals surface area contributed by atoms with Gasteiger partial charge in [0.05, 0.1) is 18.5 Å². The summed E-state index contributed by atoms with van der Waals surface area (Å²) in [5.74, 6) is 1.83. The van der Waals surface area contributed by atoms with Crippen LogP contribution < -0.4 is 15.0 Å². The first-order valence-corrected chi connectivity index (χ1v) is 11.6. The van der Waals surface area contributed by atoms with E-state index in [1.54, 1.807) is 7.11 Å². The molecular weight excluding hydrogens is 384 g/mol. The zero-order chi connectivity index (χ0) is 21.6. The molecule has 1 aliphatic heterocycles. The van der Waals surface area contributed by atoms with Gasteiger partial charge in [0.15, 0.2) is 5.65 Å². The van der Waals surface area contributed by atoms with Crippen molar-refractivity contribution in [2.24, 2.45) is 0 Å². The van der Waals surface area contributed by atoms with Gasteiger partial charge in [-0.1, -0.05) is 26.2 Å². The maximum Gasteiger partial charge on any atom is 0.164 e. The van der Waals surface area contributed by atoms with Gasteiger partial charge in [-0.3, -0.25) is 0 Å². The van der Waals surface area contributed by atoms with Gasteiger partial charge in [0.2, 0.25) is 0 Å². The van der Waals surface area contributed by atoms with Crippen LogP contribution in [0.15, 0.2) is 36.4 Å². The van der Waals surface area contributed by atoms with Gasteiger partial charge in [0.1, 0.15) is 11.6 Å². The van der Waals surface area contributed by atoms with Gasteiger partial charge in [0.25, 0.3) is 0 Å².